The molecule has 2 rings (SSSR count). The SMILES string of the molecule is CC(=O)N(Cc1ccc(NS(=O)(=O)CC2CCCCO2)cc1)C(C)C. The zero-order valence-electron chi connectivity index (χ0n) is 15.2. The van der Waals surface area contributed by atoms with Crippen LogP contribution >= 0.6 is 0 Å². The minimum atomic E-state index is -3.44. The van der Waals surface area contributed by atoms with Gasteiger partial charge >= 0.3 is 0 Å². The molecule has 140 valence electrons. The first-order valence-corrected chi connectivity index (χ1v) is 10.4. The number of carbonyl (C=O) groups excluding carboxylic acids is 1. The van der Waals surface area contributed by atoms with Crippen LogP contribution in [0.5, 0.6) is 0 Å². The molecule has 1 saturated heterocycles. The summed E-state index contributed by atoms with van der Waals surface area (Å²) < 4.78 is 32.6. The number of carbonyl (C=O) groups is 1. The third kappa shape index (κ3) is 6.32. The molecule has 1 amide bonds. The van der Waals surface area contributed by atoms with Gasteiger partial charge in [0.1, 0.15) is 0 Å². The molecule has 1 N–H and O–H groups in total. The highest BCUT2D eigenvalue weighted by Crippen LogP contribution is 2.18. The second kappa shape index (κ2) is 8.67. The summed E-state index contributed by atoms with van der Waals surface area (Å²) in [6, 6.07) is 7.26. The molecule has 1 heterocycles. The van der Waals surface area contributed by atoms with Gasteiger partial charge in [0.2, 0.25) is 15.9 Å². The Bertz CT molecular complexity index is 665. The van der Waals surface area contributed by atoms with Crippen LogP contribution in [-0.4, -0.2) is 43.7 Å². The molecule has 0 radical (unpaired) electrons. The molecule has 0 bridgehead atoms. The lowest BCUT2D eigenvalue weighted by Crippen LogP contribution is -2.34. The molecule has 25 heavy (non-hydrogen) atoms. The fourth-order valence-electron chi connectivity index (χ4n) is 2.94. The van der Waals surface area contributed by atoms with Crippen LogP contribution in [0.2, 0.25) is 0 Å². The van der Waals surface area contributed by atoms with Crippen molar-refractivity contribution in [2.75, 3.05) is 17.1 Å². The molecule has 1 unspecified atom stereocenters. The molecule has 1 fully saturated rings. The largest absolute Gasteiger partial charge is 0.377 e. The van der Waals surface area contributed by atoms with Crippen molar-refractivity contribution in [3.63, 3.8) is 0 Å². The molecule has 1 aliphatic heterocycles. The van der Waals surface area contributed by atoms with E-state index in [1.54, 1.807) is 24.0 Å². The Morgan fingerprint density at radius 1 is 1.28 bits per heavy atom. The lowest BCUT2D eigenvalue weighted by molar-refractivity contribution is -0.131. The van der Waals surface area contributed by atoms with Gasteiger partial charge in [-0.15, -0.1) is 0 Å². The van der Waals surface area contributed by atoms with Crippen LogP contribution in [0.4, 0.5) is 5.69 Å². The normalized spacial score (nSPS) is 18.2. The van der Waals surface area contributed by atoms with Gasteiger partial charge in [0.15, 0.2) is 0 Å². The molecule has 0 aromatic heterocycles. The monoisotopic (exact) mass is 368 g/mol. The van der Waals surface area contributed by atoms with Gasteiger partial charge in [0, 0.05) is 31.8 Å². The Hall–Kier alpha value is -1.60. The number of nitrogens with zero attached hydrogens (tertiary/aromatic N) is 1. The third-order valence-electron chi connectivity index (χ3n) is 4.29. The summed E-state index contributed by atoms with van der Waals surface area (Å²) in [5.74, 6) is 0.00694. The summed E-state index contributed by atoms with van der Waals surface area (Å²) in [7, 11) is -3.44. The predicted molar refractivity (Wildman–Crippen MR) is 98.8 cm³/mol. The van der Waals surface area contributed by atoms with Crippen molar-refractivity contribution in [1.29, 1.82) is 0 Å². The zero-order chi connectivity index (χ0) is 18.4. The van der Waals surface area contributed by atoms with Gasteiger partial charge in [-0.25, -0.2) is 8.42 Å². The van der Waals surface area contributed by atoms with Gasteiger partial charge in [-0.3, -0.25) is 9.52 Å². The molecular weight excluding hydrogens is 340 g/mol. The van der Waals surface area contributed by atoms with Crippen LogP contribution in [0.15, 0.2) is 24.3 Å². The highest BCUT2D eigenvalue weighted by molar-refractivity contribution is 7.92. The van der Waals surface area contributed by atoms with Crippen molar-refractivity contribution < 1.29 is 17.9 Å². The molecule has 0 saturated carbocycles. The molecule has 0 aliphatic carbocycles. The number of amides is 1. The van der Waals surface area contributed by atoms with Gasteiger partial charge in [-0.2, -0.15) is 0 Å². The minimum Gasteiger partial charge on any atom is -0.377 e. The van der Waals surface area contributed by atoms with Crippen molar-refractivity contribution in [3.05, 3.63) is 29.8 Å². The van der Waals surface area contributed by atoms with Crippen LogP contribution in [0, 0.1) is 0 Å². The number of anilines is 1. The molecule has 1 aromatic rings. The molecule has 1 aliphatic rings. The number of rotatable bonds is 7. The Labute approximate surface area is 150 Å². The number of hydrogen-bond acceptors (Lipinski definition) is 4. The maximum absolute atomic E-state index is 12.3. The van der Waals surface area contributed by atoms with Gasteiger partial charge < -0.3 is 9.64 Å². The fourth-order valence-corrected chi connectivity index (χ4v) is 4.27. The van der Waals surface area contributed by atoms with E-state index in [0.29, 0.717) is 18.8 Å². The van der Waals surface area contributed by atoms with Crippen LogP contribution in [0.25, 0.3) is 0 Å². The van der Waals surface area contributed by atoms with E-state index in [4.69, 9.17) is 4.74 Å². The van der Waals surface area contributed by atoms with Crippen molar-refractivity contribution in [1.82, 2.24) is 4.90 Å². The van der Waals surface area contributed by atoms with E-state index in [-0.39, 0.29) is 23.8 Å². The van der Waals surface area contributed by atoms with Crippen LogP contribution in [-0.2, 0) is 26.1 Å². The van der Waals surface area contributed by atoms with Crippen molar-refractivity contribution in [2.24, 2.45) is 0 Å². The first-order chi connectivity index (χ1) is 11.8. The van der Waals surface area contributed by atoms with Crippen molar-refractivity contribution >= 4 is 21.6 Å². The molecule has 1 aromatic carbocycles. The summed E-state index contributed by atoms with van der Waals surface area (Å²) in [5.41, 5.74) is 1.49. The maximum Gasteiger partial charge on any atom is 0.235 e. The predicted octanol–water partition coefficient (Wildman–Crippen LogP) is 2.75. The van der Waals surface area contributed by atoms with Crippen LogP contribution in [0.3, 0.4) is 0 Å². The second-order valence-corrected chi connectivity index (χ2v) is 8.58. The molecule has 0 spiro atoms. The first kappa shape index (κ1) is 19.7. The number of benzene rings is 1. The first-order valence-electron chi connectivity index (χ1n) is 8.75. The number of sulfonamides is 1. The summed E-state index contributed by atoms with van der Waals surface area (Å²) in [5, 5.41) is 0. The summed E-state index contributed by atoms with van der Waals surface area (Å²) >= 11 is 0. The van der Waals surface area contributed by atoms with E-state index < -0.39 is 10.0 Å². The topological polar surface area (TPSA) is 75.7 Å². The Morgan fingerprint density at radius 2 is 1.96 bits per heavy atom. The summed E-state index contributed by atoms with van der Waals surface area (Å²) in [4.78, 5) is 13.4. The summed E-state index contributed by atoms with van der Waals surface area (Å²) in [6.07, 6.45) is 2.58. The molecule has 7 heteroatoms. The van der Waals surface area contributed by atoms with Gasteiger partial charge in [-0.1, -0.05) is 12.1 Å². The zero-order valence-corrected chi connectivity index (χ0v) is 16.0. The Morgan fingerprint density at radius 3 is 2.48 bits per heavy atom. The minimum absolute atomic E-state index is 0.0137. The van der Waals surface area contributed by atoms with Crippen LogP contribution in [0.1, 0.15) is 45.6 Å². The van der Waals surface area contributed by atoms with Crippen molar-refractivity contribution in [2.45, 2.75) is 58.7 Å². The van der Waals surface area contributed by atoms with Gasteiger partial charge in [0.25, 0.3) is 0 Å². The lowest BCUT2D eigenvalue weighted by Gasteiger charge is -2.25. The third-order valence-corrected chi connectivity index (χ3v) is 5.64. The smallest absolute Gasteiger partial charge is 0.235 e. The van der Waals surface area contributed by atoms with E-state index in [1.807, 2.05) is 26.0 Å². The second-order valence-electron chi connectivity index (χ2n) is 6.81. The van der Waals surface area contributed by atoms with E-state index in [1.165, 1.54) is 0 Å². The van der Waals surface area contributed by atoms with E-state index >= 15 is 0 Å². The molecular formula is C18H28N2O4S. The Kier molecular flexibility index (Phi) is 6.84. The maximum atomic E-state index is 12.3. The quantitative estimate of drug-likeness (QED) is 0.803. The van der Waals surface area contributed by atoms with E-state index in [0.717, 1.165) is 24.8 Å². The number of ether oxygens (including phenoxy) is 1. The highest BCUT2D eigenvalue weighted by atomic mass is 32.2. The van der Waals surface area contributed by atoms with Crippen molar-refractivity contribution in [3.8, 4) is 0 Å². The number of nitrogens with one attached hydrogen (secondary N) is 1. The van der Waals surface area contributed by atoms with E-state index in [9.17, 15) is 13.2 Å². The van der Waals surface area contributed by atoms with Gasteiger partial charge in [-0.05, 0) is 50.8 Å². The van der Waals surface area contributed by atoms with E-state index in [2.05, 4.69) is 4.72 Å². The number of hydrogen-bond donors (Lipinski definition) is 1. The van der Waals surface area contributed by atoms with Crippen LogP contribution < -0.4 is 4.72 Å². The standard InChI is InChI=1S/C18H28N2O4S/c1-14(2)20(15(3)21)12-16-7-9-17(10-8-16)19-25(22,23)13-18-6-4-5-11-24-18/h7-10,14,18-19H,4-6,11-13H2,1-3H3. The summed E-state index contributed by atoms with van der Waals surface area (Å²) in [6.45, 7) is 6.64. The molecule has 6 nitrogen and oxygen atoms in total. The van der Waals surface area contributed by atoms with Gasteiger partial charge in [0.05, 0.1) is 11.9 Å². The average molecular weight is 368 g/mol. The Balaban J connectivity index is 1.96. The highest BCUT2D eigenvalue weighted by Gasteiger charge is 2.22. The molecule has 1 atom stereocenters. The lowest BCUT2D eigenvalue weighted by atomic mass is 10.1. The fraction of sp³-hybridized carbons (Fsp3) is 0.611. The average Bonchev–Trinajstić information content (AvgIpc) is 2.53.